The van der Waals surface area contributed by atoms with E-state index < -0.39 is 0 Å². The zero-order valence-electron chi connectivity index (χ0n) is 14.5. The maximum absolute atomic E-state index is 12.3. The van der Waals surface area contributed by atoms with Crippen LogP contribution < -0.4 is 11.1 Å². The van der Waals surface area contributed by atoms with Crippen molar-refractivity contribution < 1.29 is 4.79 Å². The van der Waals surface area contributed by atoms with E-state index >= 15 is 0 Å². The Hall–Kier alpha value is -2.82. The van der Waals surface area contributed by atoms with Crippen LogP contribution in [0.4, 0.5) is 5.69 Å². The van der Waals surface area contributed by atoms with Crippen molar-refractivity contribution >= 4 is 17.4 Å². The number of amidine groups is 1. The number of aryl methyl sites for hydroxylation is 1. The molecule has 1 aliphatic rings. The number of nitrogens with zero attached hydrogens (tertiary/aromatic N) is 1. The van der Waals surface area contributed by atoms with Crippen LogP contribution in [0.3, 0.4) is 0 Å². The summed E-state index contributed by atoms with van der Waals surface area (Å²) in [6.07, 6.45) is 1.20. The molecule has 1 aliphatic heterocycles. The van der Waals surface area contributed by atoms with E-state index in [1.807, 2.05) is 48.2 Å². The van der Waals surface area contributed by atoms with Crippen LogP contribution in [0.2, 0.25) is 0 Å². The number of anilines is 1. The fraction of sp³-hybridized carbons (Fsp3) is 0.300. The van der Waals surface area contributed by atoms with Gasteiger partial charge in [0.25, 0.3) is 0 Å². The van der Waals surface area contributed by atoms with Crippen molar-refractivity contribution in [2.24, 2.45) is 0 Å². The maximum atomic E-state index is 12.3. The molecule has 0 aromatic heterocycles. The van der Waals surface area contributed by atoms with Crippen LogP contribution in [0.1, 0.15) is 29.5 Å². The molecular formula is C20H24N4O. The van der Waals surface area contributed by atoms with Gasteiger partial charge >= 0.3 is 0 Å². The first-order valence-electron chi connectivity index (χ1n) is 8.54. The van der Waals surface area contributed by atoms with Crippen LogP contribution in [0, 0.1) is 12.3 Å². The van der Waals surface area contributed by atoms with E-state index in [0.717, 1.165) is 16.8 Å². The van der Waals surface area contributed by atoms with Crippen molar-refractivity contribution in [3.63, 3.8) is 0 Å². The number of benzene rings is 2. The highest BCUT2D eigenvalue weighted by Gasteiger charge is 2.33. The summed E-state index contributed by atoms with van der Waals surface area (Å²) in [5.41, 5.74) is 9.78. The number of nitrogens with two attached hydrogens (primary N) is 1. The van der Waals surface area contributed by atoms with Crippen LogP contribution >= 0.6 is 0 Å². The Morgan fingerprint density at radius 1 is 1.16 bits per heavy atom. The van der Waals surface area contributed by atoms with Gasteiger partial charge in [-0.3, -0.25) is 10.2 Å². The summed E-state index contributed by atoms with van der Waals surface area (Å²) >= 11 is 0. The zero-order valence-corrected chi connectivity index (χ0v) is 14.5. The Balaban J connectivity index is 1.62. The number of nitrogens with one attached hydrogen (secondary N) is 2. The molecule has 1 atom stereocenters. The highest BCUT2D eigenvalue weighted by atomic mass is 16.2. The number of carbonyl (C=O) groups excluding carboxylic acids is 1. The quantitative estimate of drug-likeness (QED) is 0.446. The lowest BCUT2D eigenvalue weighted by molar-refractivity contribution is -0.128. The summed E-state index contributed by atoms with van der Waals surface area (Å²) in [4.78, 5) is 14.1. The molecule has 1 unspecified atom stereocenters. The van der Waals surface area contributed by atoms with E-state index in [9.17, 15) is 4.79 Å². The topological polar surface area (TPSA) is 82.2 Å². The summed E-state index contributed by atoms with van der Waals surface area (Å²) in [7, 11) is 0. The lowest BCUT2D eigenvalue weighted by Crippen LogP contribution is -2.43. The van der Waals surface area contributed by atoms with E-state index in [2.05, 4.69) is 17.4 Å². The molecule has 3 rings (SSSR count). The fourth-order valence-corrected chi connectivity index (χ4v) is 3.07. The average molecular weight is 336 g/mol. The van der Waals surface area contributed by atoms with Crippen molar-refractivity contribution in [3.8, 4) is 0 Å². The van der Waals surface area contributed by atoms with Crippen LogP contribution in [0.5, 0.6) is 0 Å². The van der Waals surface area contributed by atoms with Gasteiger partial charge in [0.1, 0.15) is 5.84 Å². The van der Waals surface area contributed by atoms with Crippen LogP contribution in [0.25, 0.3) is 0 Å². The molecule has 130 valence electrons. The van der Waals surface area contributed by atoms with Gasteiger partial charge in [-0.05, 0) is 36.6 Å². The lowest BCUT2D eigenvalue weighted by atomic mass is 10.1. The van der Waals surface area contributed by atoms with Gasteiger partial charge in [-0.25, -0.2) is 0 Å². The predicted molar refractivity (Wildman–Crippen MR) is 100 cm³/mol. The molecule has 1 amide bonds. The van der Waals surface area contributed by atoms with Crippen molar-refractivity contribution in [1.29, 1.82) is 5.41 Å². The van der Waals surface area contributed by atoms with Crippen LogP contribution in [0.15, 0.2) is 48.5 Å². The molecule has 0 bridgehead atoms. The molecule has 1 saturated heterocycles. The molecule has 4 N–H and O–H groups in total. The number of carbonyl (C=O) groups is 1. The Morgan fingerprint density at radius 2 is 1.80 bits per heavy atom. The summed E-state index contributed by atoms with van der Waals surface area (Å²) in [6, 6.07) is 15.6. The minimum atomic E-state index is -0.178. The number of hydrogen-bond acceptors (Lipinski definition) is 3. The Morgan fingerprint density at radius 3 is 2.48 bits per heavy atom. The van der Waals surface area contributed by atoms with Crippen molar-refractivity contribution in [2.45, 2.75) is 38.9 Å². The van der Waals surface area contributed by atoms with Gasteiger partial charge in [0.15, 0.2) is 0 Å². The van der Waals surface area contributed by atoms with E-state index in [0.29, 0.717) is 31.8 Å². The second kappa shape index (κ2) is 7.38. The molecule has 25 heavy (non-hydrogen) atoms. The van der Waals surface area contributed by atoms with Crippen molar-refractivity contribution in [2.75, 3.05) is 5.73 Å². The molecule has 2 aromatic carbocycles. The van der Waals surface area contributed by atoms with E-state index in [1.165, 1.54) is 5.56 Å². The molecule has 1 heterocycles. The van der Waals surface area contributed by atoms with Gasteiger partial charge in [-0.1, -0.05) is 42.0 Å². The van der Waals surface area contributed by atoms with Crippen molar-refractivity contribution in [1.82, 2.24) is 10.2 Å². The van der Waals surface area contributed by atoms with Gasteiger partial charge in [0.2, 0.25) is 5.91 Å². The summed E-state index contributed by atoms with van der Waals surface area (Å²) in [5, 5.41) is 11.5. The van der Waals surface area contributed by atoms with Crippen LogP contribution in [-0.2, 0) is 17.9 Å². The summed E-state index contributed by atoms with van der Waals surface area (Å²) in [5.74, 6) is 0.513. The normalized spacial score (nSPS) is 16.9. The minimum absolute atomic E-state index is 0.115. The molecule has 0 aliphatic carbocycles. The molecule has 5 heteroatoms. The standard InChI is InChI=1S/C20H24N4O/c1-14-2-4-16(5-3-14)13-24-18(10-11-19(24)25)20(22)23-12-15-6-8-17(21)9-7-15/h2-9,18H,10-13,21H2,1H3,(H2,22,23). The first-order chi connectivity index (χ1) is 12.0. The zero-order chi connectivity index (χ0) is 17.8. The Labute approximate surface area is 148 Å². The maximum Gasteiger partial charge on any atom is 0.223 e. The van der Waals surface area contributed by atoms with Crippen LogP contribution in [-0.4, -0.2) is 22.7 Å². The second-order valence-corrected chi connectivity index (χ2v) is 6.57. The third kappa shape index (κ3) is 4.18. The van der Waals surface area contributed by atoms with Gasteiger partial charge in [-0.2, -0.15) is 0 Å². The molecule has 5 nitrogen and oxygen atoms in total. The fourth-order valence-electron chi connectivity index (χ4n) is 3.07. The average Bonchev–Trinajstić information content (AvgIpc) is 2.97. The largest absolute Gasteiger partial charge is 0.399 e. The SMILES string of the molecule is Cc1ccc(CN2C(=O)CCC2C(=N)NCc2ccc(N)cc2)cc1. The minimum Gasteiger partial charge on any atom is -0.399 e. The summed E-state index contributed by atoms with van der Waals surface area (Å²) in [6.45, 7) is 3.16. The molecule has 0 spiro atoms. The smallest absolute Gasteiger partial charge is 0.223 e. The first-order valence-corrected chi connectivity index (χ1v) is 8.54. The number of likely N-dealkylation sites (tertiary alicyclic amines) is 1. The van der Waals surface area contributed by atoms with Gasteiger partial charge < -0.3 is 16.0 Å². The predicted octanol–water partition coefficient (Wildman–Crippen LogP) is 2.84. The van der Waals surface area contributed by atoms with Crippen molar-refractivity contribution in [3.05, 3.63) is 65.2 Å². The van der Waals surface area contributed by atoms with Gasteiger partial charge in [-0.15, -0.1) is 0 Å². The Bertz CT molecular complexity index is 752. The highest BCUT2D eigenvalue weighted by Crippen LogP contribution is 2.22. The first kappa shape index (κ1) is 17.0. The molecule has 0 radical (unpaired) electrons. The third-order valence-corrected chi connectivity index (χ3v) is 4.60. The molecule has 1 fully saturated rings. The number of amides is 1. The number of nitrogen functional groups attached to an aromatic ring is 1. The van der Waals surface area contributed by atoms with Gasteiger partial charge in [0, 0.05) is 25.2 Å². The molecule has 2 aromatic rings. The molecular weight excluding hydrogens is 312 g/mol. The lowest BCUT2D eigenvalue weighted by Gasteiger charge is -2.26. The van der Waals surface area contributed by atoms with E-state index in [4.69, 9.17) is 11.1 Å². The van der Waals surface area contributed by atoms with E-state index in [1.54, 1.807) is 0 Å². The monoisotopic (exact) mass is 336 g/mol. The number of rotatable bonds is 5. The third-order valence-electron chi connectivity index (χ3n) is 4.60. The number of hydrogen-bond donors (Lipinski definition) is 3. The van der Waals surface area contributed by atoms with E-state index in [-0.39, 0.29) is 11.9 Å². The summed E-state index contributed by atoms with van der Waals surface area (Å²) < 4.78 is 0. The molecule has 0 saturated carbocycles. The van der Waals surface area contributed by atoms with Gasteiger partial charge in [0.05, 0.1) is 6.04 Å². The highest BCUT2D eigenvalue weighted by molar-refractivity contribution is 5.92. The second-order valence-electron chi connectivity index (χ2n) is 6.57. The Kier molecular flexibility index (Phi) is 5.03.